The maximum absolute atomic E-state index is 12.2. The fourth-order valence-electron chi connectivity index (χ4n) is 2.85. The molecule has 1 aromatic heterocycles. The number of rotatable bonds is 4. The van der Waals surface area contributed by atoms with Crippen molar-refractivity contribution in [1.29, 1.82) is 0 Å². The van der Waals surface area contributed by atoms with Crippen LogP contribution in [-0.4, -0.2) is 21.8 Å². The lowest BCUT2D eigenvalue weighted by atomic mass is 10.0. The summed E-state index contributed by atoms with van der Waals surface area (Å²) >= 11 is 0. The third kappa shape index (κ3) is 2.80. The number of fused-ring (bicyclic) bond motifs is 1. The molecule has 1 amide bonds. The molecule has 5 heteroatoms. The van der Waals surface area contributed by atoms with Crippen molar-refractivity contribution >= 4 is 22.4 Å². The predicted molar refractivity (Wildman–Crippen MR) is 94.2 cm³/mol. The van der Waals surface area contributed by atoms with E-state index in [1.165, 1.54) is 12.8 Å². The maximum atomic E-state index is 12.2. The van der Waals surface area contributed by atoms with Crippen LogP contribution in [0.5, 0.6) is 0 Å². The first-order valence-corrected chi connectivity index (χ1v) is 8.10. The SMILES string of the molecule is C/C(=N\NC(=O)c1cc(C2CC2)[nH]n1)c1cccc2ccccc12. The minimum absolute atomic E-state index is 0.294. The molecule has 0 radical (unpaired) electrons. The van der Waals surface area contributed by atoms with Gasteiger partial charge in [-0.3, -0.25) is 9.89 Å². The number of amides is 1. The van der Waals surface area contributed by atoms with Gasteiger partial charge < -0.3 is 0 Å². The molecule has 0 atom stereocenters. The van der Waals surface area contributed by atoms with E-state index in [0.29, 0.717) is 11.6 Å². The van der Waals surface area contributed by atoms with Crippen LogP contribution in [0.2, 0.25) is 0 Å². The molecule has 2 aromatic carbocycles. The van der Waals surface area contributed by atoms with Crippen molar-refractivity contribution in [3.63, 3.8) is 0 Å². The highest BCUT2D eigenvalue weighted by Crippen LogP contribution is 2.38. The molecule has 1 aliphatic rings. The smallest absolute Gasteiger partial charge is 0.281 e. The van der Waals surface area contributed by atoms with Crippen LogP contribution >= 0.6 is 0 Å². The number of aromatic nitrogens is 2. The molecule has 1 fully saturated rings. The van der Waals surface area contributed by atoms with Crippen LogP contribution in [0.3, 0.4) is 0 Å². The quantitative estimate of drug-likeness (QED) is 0.570. The number of nitrogens with zero attached hydrogens (tertiary/aromatic N) is 2. The fourth-order valence-corrected chi connectivity index (χ4v) is 2.85. The molecule has 0 saturated heterocycles. The summed E-state index contributed by atoms with van der Waals surface area (Å²) in [5.74, 6) is 0.248. The third-order valence-electron chi connectivity index (χ3n) is 4.35. The number of nitrogens with one attached hydrogen (secondary N) is 2. The van der Waals surface area contributed by atoms with Crippen molar-refractivity contribution in [3.05, 3.63) is 65.5 Å². The molecule has 0 unspecified atom stereocenters. The second-order valence-corrected chi connectivity index (χ2v) is 6.15. The van der Waals surface area contributed by atoms with Gasteiger partial charge in [-0.05, 0) is 36.6 Å². The minimum atomic E-state index is -0.294. The van der Waals surface area contributed by atoms with Crippen LogP contribution in [-0.2, 0) is 0 Å². The summed E-state index contributed by atoms with van der Waals surface area (Å²) in [4.78, 5) is 12.2. The van der Waals surface area contributed by atoms with E-state index in [4.69, 9.17) is 0 Å². The molecule has 0 bridgehead atoms. The molecule has 1 aliphatic carbocycles. The van der Waals surface area contributed by atoms with Crippen molar-refractivity contribution < 1.29 is 4.79 Å². The first-order valence-electron chi connectivity index (χ1n) is 8.10. The summed E-state index contributed by atoms with van der Waals surface area (Å²) in [7, 11) is 0. The fraction of sp³-hybridized carbons (Fsp3) is 0.211. The van der Waals surface area contributed by atoms with Gasteiger partial charge in [0.2, 0.25) is 0 Å². The minimum Gasteiger partial charge on any atom is -0.281 e. The first kappa shape index (κ1) is 14.6. The topological polar surface area (TPSA) is 70.1 Å². The largest absolute Gasteiger partial charge is 0.291 e. The zero-order chi connectivity index (χ0) is 16.5. The standard InChI is InChI=1S/C19H18N4O/c1-12(15-8-4-6-13-5-2-3-7-16(13)15)20-23-19(24)18-11-17(21-22-18)14-9-10-14/h2-8,11,14H,9-10H2,1H3,(H,21,22)(H,23,24)/b20-12+. The lowest BCUT2D eigenvalue weighted by molar-refractivity contribution is 0.0950. The van der Waals surface area contributed by atoms with Crippen molar-refractivity contribution in [3.8, 4) is 0 Å². The molecule has 4 rings (SSSR count). The molecule has 1 heterocycles. The molecule has 5 nitrogen and oxygen atoms in total. The van der Waals surface area contributed by atoms with E-state index in [1.54, 1.807) is 0 Å². The molecule has 120 valence electrons. The summed E-state index contributed by atoms with van der Waals surface area (Å²) in [5, 5.41) is 13.5. The van der Waals surface area contributed by atoms with E-state index < -0.39 is 0 Å². The van der Waals surface area contributed by atoms with E-state index in [2.05, 4.69) is 38.9 Å². The van der Waals surface area contributed by atoms with Gasteiger partial charge in [0.15, 0.2) is 5.69 Å². The van der Waals surface area contributed by atoms with Crippen LogP contribution < -0.4 is 5.43 Å². The van der Waals surface area contributed by atoms with Gasteiger partial charge in [0.05, 0.1) is 5.71 Å². The second kappa shape index (κ2) is 5.92. The van der Waals surface area contributed by atoms with E-state index in [9.17, 15) is 4.79 Å². The number of carbonyl (C=O) groups excluding carboxylic acids is 1. The van der Waals surface area contributed by atoms with Crippen LogP contribution in [0, 0.1) is 0 Å². The maximum Gasteiger partial charge on any atom is 0.291 e. The van der Waals surface area contributed by atoms with Crippen molar-refractivity contribution in [2.24, 2.45) is 5.10 Å². The highest BCUT2D eigenvalue weighted by molar-refractivity contribution is 6.10. The first-order chi connectivity index (χ1) is 11.7. The summed E-state index contributed by atoms with van der Waals surface area (Å²) < 4.78 is 0. The van der Waals surface area contributed by atoms with Crippen molar-refractivity contribution in [2.75, 3.05) is 0 Å². The normalized spacial score (nSPS) is 14.8. The molecule has 24 heavy (non-hydrogen) atoms. The molecule has 1 saturated carbocycles. The van der Waals surface area contributed by atoms with Crippen molar-refractivity contribution in [2.45, 2.75) is 25.7 Å². The number of hydrogen-bond donors (Lipinski definition) is 2. The average molecular weight is 318 g/mol. The number of benzene rings is 2. The van der Waals surface area contributed by atoms with Gasteiger partial charge in [-0.25, -0.2) is 5.43 Å². The van der Waals surface area contributed by atoms with Crippen LogP contribution in [0.1, 0.15) is 47.4 Å². The van der Waals surface area contributed by atoms with Gasteiger partial charge in [0.1, 0.15) is 0 Å². The predicted octanol–water partition coefficient (Wildman–Crippen LogP) is 3.59. The number of hydrazone groups is 1. The van der Waals surface area contributed by atoms with Gasteiger partial charge in [-0.1, -0.05) is 42.5 Å². The van der Waals surface area contributed by atoms with Crippen LogP contribution in [0.4, 0.5) is 0 Å². The van der Waals surface area contributed by atoms with Crippen molar-refractivity contribution in [1.82, 2.24) is 15.6 Å². The third-order valence-corrected chi connectivity index (χ3v) is 4.35. The summed E-state index contributed by atoms with van der Waals surface area (Å²) in [6, 6.07) is 16.0. The zero-order valence-electron chi connectivity index (χ0n) is 13.4. The Bertz CT molecular complexity index is 932. The van der Waals surface area contributed by atoms with Gasteiger partial charge in [0.25, 0.3) is 5.91 Å². The Kier molecular flexibility index (Phi) is 3.61. The Morgan fingerprint density at radius 2 is 2.00 bits per heavy atom. The average Bonchev–Trinajstić information content (AvgIpc) is 3.35. The second-order valence-electron chi connectivity index (χ2n) is 6.15. The highest BCUT2D eigenvalue weighted by atomic mass is 16.2. The van der Waals surface area contributed by atoms with Gasteiger partial charge in [-0.15, -0.1) is 0 Å². The Hall–Kier alpha value is -2.95. The number of aromatic amines is 1. The monoisotopic (exact) mass is 318 g/mol. The highest BCUT2D eigenvalue weighted by Gasteiger charge is 2.26. The Morgan fingerprint density at radius 1 is 1.21 bits per heavy atom. The molecule has 0 aliphatic heterocycles. The molecule has 3 aromatic rings. The molecule has 2 N–H and O–H groups in total. The molecule has 0 spiro atoms. The Balaban J connectivity index is 1.54. The summed E-state index contributed by atoms with van der Waals surface area (Å²) in [6.07, 6.45) is 2.34. The van der Waals surface area contributed by atoms with Gasteiger partial charge in [0, 0.05) is 17.2 Å². The van der Waals surface area contributed by atoms with Gasteiger partial charge >= 0.3 is 0 Å². The van der Waals surface area contributed by atoms with Crippen LogP contribution in [0.15, 0.2) is 53.6 Å². The lowest BCUT2D eigenvalue weighted by Gasteiger charge is -2.06. The van der Waals surface area contributed by atoms with E-state index in [1.807, 2.05) is 37.3 Å². The Morgan fingerprint density at radius 3 is 2.83 bits per heavy atom. The summed E-state index contributed by atoms with van der Waals surface area (Å²) in [5.41, 5.74) is 5.79. The molecular formula is C19H18N4O. The number of hydrogen-bond acceptors (Lipinski definition) is 3. The number of H-pyrrole nitrogens is 1. The zero-order valence-corrected chi connectivity index (χ0v) is 13.4. The van der Waals surface area contributed by atoms with E-state index >= 15 is 0 Å². The Labute approximate surface area is 139 Å². The van der Waals surface area contributed by atoms with Crippen LogP contribution in [0.25, 0.3) is 10.8 Å². The number of carbonyl (C=O) groups is 1. The van der Waals surface area contributed by atoms with Gasteiger partial charge in [-0.2, -0.15) is 10.2 Å². The lowest BCUT2D eigenvalue weighted by Crippen LogP contribution is -2.19. The summed E-state index contributed by atoms with van der Waals surface area (Å²) in [6.45, 7) is 1.89. The van der Waals surface area contributed by atoms with E-state index in [0.717, 1.165) is 27.7 Å². The molecular weight excluding hydrogens is 300 g/mol. The van der Waals surface area contributed by atoms with E-state index in [-0.39, 0.29) is 5.91 Å².